The van der Waals surface area contributed by atoms with Crippen LogP contribution < -0.4 is 29.6 Å². The summed E-state index contributed by atoms with van der Waals surface area (Å²) in [6.07, 6.45) is -1.54. The number of nitrogens with zero attached hydrogens (tertiary/aromatic N) is 4. The molecular weight excluding hydrogens is 426 g/mol. The average Bonchev–Trinajstić information content (AvgIpc) is 2.90. The number of carbonyl (C=O) groups is 1. The summed E-state index contributed by atoms with van der Waals surface area (Å²) in [7, 11) is -5.91. The summed E-state index contributed by atoms with van der Waals surface area (Å²) in [5.41, 5.74) is 0.233. The van der Waals surface area contributed by atoms with Crippen LogP contribution in [0.15, 0.2) is 36.4 Å². The Bertz CT molecular complexity index is 1530. The highest BCUT2D eigenvalue weighted by Crippen LogP contribution is 2.34. The fourth-order valence-corrected chi connectivity index (χ4v) is 3.70. The molecular formula is C23H25N5O5. The summed E-state index contributed by atoms with van der Waals surface area (Å²) in [5.74, 6) is -1.30. The lowest BCUT2D eigenvalue weighted by Gasteiger charge is -2.37. The van der Waals surface area contributed by atoms with Crippen molar-refractivity contribution in [3.63, 3.8) is 0 Å². The van der Waals surface area contributed by atoms with Crippen LogP contribution in [0.5, 0.6) is 23.0 Å². The Labute approximate surface area is 205 Å². The molecule has 172 valence electrons. The van der Waals surface area contributed by atoms with Gasteiger partial charge < -0.3 is 34.5 Å². The molecule has 1 fully saturated rings. The fourth-order valence-electron chi connectivity index (χ4n) is 3.70. The number of benzene rings is 2. The first-order valence-electron chi connectivity index (χ1n) is 14.9. The lowest BCUT2D eigenvalue weighted by molar-refractivity contribution is -0.141. The van der Waals surface area contributed by atoms with Crippen LogP contribution in [-0.4, -0.2) is 73.7 Å². The van der Waals surface area contributed by atoms with Gasteiger partial charge in [-0.3, -0.25) is 4.79 Å². The maximum absolute atomic E-state index is 13.3. The van der Waals surface area contributed by atoms with Gasteiger partial charge in [0.2, 0.25) is 12.1 Å². The van der Waals surface area contributed by atoms with Gasteiger partial charge in [-0.25, -0.2) is 4.98 Å². The Morgan fingerprint density at radius 3 is 2.67 bits per heavy atom. The molecule has 33 heavy (non-hydrogen) atoms. The highest BCUT2D eigenvalue weighted by Gasteiger charge is 2.33. The van der Waals surface area contributed by atoms with Crippen LogP contribution >= 0.6 is 0 Å². The van der Waals surface area contributed by atoms with Gasteiger partial charge in [-0.05, 0) is 18.2 Å². The van der Waals surface area contributed by atoms with Crippen molar-refractivity contribution in [2.45, 2.75) is 6.10 Å². The first-order valence-corrected chi connectivity index (χ1v) is 10.0. The van der Waals surface area contributed by atoms with Crippen molar-refractivity contribution in [2.24, 2.45) is 0 Å². The topological polar surface area (TPSA) is 112 Å². The van der Waals surface area contributed by atoms with Crippen LogP contribution in [0.4, 0.5) is 11.8 Å². The Balaban J connectivity index is 1.40. The van der Waals surface area contributed by atoms with E-state index in [2.05, 4.69) is 9.97 Å². The van der Waals surface area contributed by atoms with E-state index in [-0.39, 0.29) is 66.1 Å². The van der Waals surface area contributed by atoms with Gasteiger partial charge in [0.15, 0.2) is 25.8 Å². The summed E-state index contributed by atoms with van der Waals surface area (Å²) < 4.78 is 97.6. The van der Waals surface area contributed by atoms with Crippen LogP contribution in [0.2, 0.25) is 2.82 Å². The van der Waals surface area contributed by atoms with Crippen LogP contribution in [0.3, 0.4) is 0 Å². The Morgan fingerprint density at radius 1 is 1.15 bits per heavy atom. The fraction of sp³-hybridized carbons (Fsp3) is 0.348. The minimum Gasteiger partial charge on any atom is -0.493 e. The van der Waals surface area contributed by atoms with E-state index in [4.69, 9.17) is 32.7 Å². The number of rotatable bonds is 5. The number of methoxy groups -OCH3 is 2. The maximum Gasteiger partial charge on any atom is 0.267 e. The van der Waals surface area contributed by atoms with E-state index in [1.165, 1.54) is 4.90 Å². The predicted octanol–water partition coefficient (Wildman–Crippen LogP) is 1.72. The van der Waals surface area contributed by atoms with Gasteiger partial charge in [0.1, 0.15) is 12.4 Å². The molecule has 3 aromatic rings. The molecule has 1 atom stereocenters. The van der Waals surface area contributed by atoms with E-state index in [0.29, 0.717) is 0 Å². The Morgan fingerprint density at radius 2 is 1.91 bits per heavy atom. The van der Waals surface area contributed by atoms with Gasteiger partial charge in [-0.15, -0.1) is 0 Å². The molecule has 2 aliphatic rings. The minimum atomic E-state index is -2.96. The van der Waals surface area contributed by atoms with Crippen LogP contribution in [-0.2, 0) is 4.79 Å². The third kappa shape index (κ3) is 3.88. The van der Waals surface area contributed by atoms with Gasteiger partial charge in [0.25, 0.3) is 5.91 Å². The molecule has 2 N–H and O–H groups in total. The van der Waals surface area contributed by atoms with E-state index < -0.39 is 44.1 Å². The molecule has 1 aromatic heterocycles. The number of anilines is 2. The van der Waals surface area contributed by atoms with Crippen LogP contribution in [0.25, 0.3) is 10.9 Å². The molecule has 3 heterocycles. The number of carbonyl (C=O) groups excluding carboxylic acids is 1. The Hall–Kier alpha value is -3.95. The van der Waals surface area contributed by atoms with E-state index in [9.17, 15) is 4.79 Å². The third-order valence-corrected chi connectivity index (χ3v) is 5.42. The van der Waals surface area contributed by atoms with Gasteiger partial charge in [-0.1, -0.05) is 12.1 Å². The second-order valence-electron chi connectivity index (χ2n) is 7.34. The number of hydrogen-bond donors (Lipinski definition) is 1. The molecule has 2 aliphatic heterocycles. The number of nitrogen functional groups attached to an aromatic ring is 1. The van der Waals surface area contributed by atoms with E-state index in [1.807, 2.05) is 0 Å². The quantitative estimate of drug-likeness (QED) is 0.607. The third-order valence-electron chi connectivity index (χ3n) is 5.42. The highest BCUT2D eigenvalue weighted by molar-refractivity contribution is 5.91. The van der Waals surface area contributed by atoms with Gasteiger partial charge in [0, 0.05) is 37.6 Å². The number of ether oxygens (including phenoxy) is 4. The van der Waals surface area contributed by atoms with Crippen molar-refractivity contribution in [3.05, 3.63) is 36.4 Å². The molecule has 0 radical (unpaired) electrons. The lowest BCUT2D eigenvalue weighted by atomic mass is 10.2. The van der Waals surface area contributed by atoms with E-state index in [0.717, 1.165) is 12.1 Å². The summed E-state index contributed by atoms with van der Waals surface area (Å²) in [6.45, 7) is -1.81. The molecule has 1 saturated heterocycles. The number of fused-ring (bicyclic) bond motifs is 2. The van der Waals surface area contributed by atoms with E-state index in [1.54, 1.807) is 29.2 Å². The average molecular weight is 462 g/mol. The number of hydrogen-bond acceptors (Lipinski definition) is 9. The molecule has 10 nitrogen and oxygen atoms in total. The molecule has 0 saturated carbocycles. The number of aromatic nitrogens is 2. The largest absolute Gasteiger partial charge is 0.493 e. The first kappa shape index (κ1) is 12.3. The van der Waals surface area contributed by atoms with Crippen molar-refractivity contribution >= 4 is 28.6 Å². The molecule has 10 heteroatoms. The smallest absolute Gasteiger partial charge is 0.267 e. The SMILES string of the molecule is [2H]N([2H])c1nc(N2CCN(C(=O)C3Oc4ccccc4OC3([2H])[2H])CC2)nc2cc(OC([2H])([2H])[2H])c(OC([2H])([2H])[2H])cc12. The van der Waals surface area contributed by atoms with Crippen LogP contribution in [0.1, 0.15) is 11.0 Å². The van der Waals surface area contributed by atoms with Gasteiger partial charge >= 0.3 is 0 Å². The normalized spacial score (nSPS) is 24.3. The number of para-hydroxylation sites is 2. The number of nitrogens with two attached hydrogens (primary N) is 1. The second-order valence-corrected chi connectivity index (χ2v) is 7.34. The number of amides is 1. The molecule has 0 aliphatic carbocycles. The first-order chi connectivity index (χ1) is 20.0. The minimum absolute atomic E-state index is 0.0247. The summed E-state index contributed by atoms with van der Waals surface area (Å²) in [6, 6.07) is 8.67. The van der Waals surface area contributed by atoms with Crippen molar-refractivity contribution in [1.29, 1.82) is 0 Å². The molecule has 1 amide bonds. The molecule has 1 unspecified atom stereocenters. The zero-order valence-electron chi connectivity index (χ0n) is 27.1. The zero-order valence-corrected chi connectivity index (χ0v) is 17.1. The molecule has 5 rings (SSSR count). The summed E-state index contributed by atoms with van der Waals surface area (Å²) in [5, 5.41) is 0.0247. The van der Waals surface area contributed by atoms with Gasteiger partial charge in [-0.2, -0.15) is 4.98 Å². The van der Waals surface area contributed by atoms with Crippen molar-refractivity contribution < 1.29 is 37.5 Å². The van der Waals surface area contributed by atoms with Crippen molar-refractivity contribution in [1.82, 2.24) is 14.9 Å². The lowest BCUT2D eigenvalue weighted by Crippen LogP contribution is -2.54. The van der Waals surface area contributed by atoms with Crippen LogP contribution in [0, 0.1) is 0 Å². The number of piperazine rings is 1. The van der Waals surface area contributed by atoms with E-state index >= 15 is 0 Å². The standard InChI is InChI=1S/C23H25N5O5/c1-30-18-11-14-15(12-19(18)31-2)25-23(26-21(14)24)28-9-7-27(8-10-28)22(29)20-13-32-16-5-3-4-6-17(16)33-20/h3-6,11-12,20H,7-10,13H2,1-2H3,(H2,24,25,26)/i1D3,2D3,13D2/hD2. The summed E-state index contributed by atoms with van der Waals surface area (Å²) in [4.78, 5) is 25.1. The highest BCUT2D eigenvalue weighted by atomic mass is 16.6. The monoisotopic (exact) mass is 461 g/mol. The summed E-state index contributed by atoms with van der Waals surface area (Å²) >= 11 is 0. The predicted molar refractivity (Wildman–Crippen MR) is 122 cm³/mol. The van der Waals surface area contributed by atoms with Crippen molar-refractivity contribution in [2.75, 3.05) is 57.4 Å². The van der Waals surface area contributed by atoms with Gasteiger partial charge in [0.05, 0.1) is 30.6 Å². The van der Waals surface area contributed by atoms with Crippen molar-refractivity contribution in [3.8, 4) is 23.0 Å². The maximum atomic E-state index is 13.3. The Kier molecular flexibility index (Phi) is 3.19. The molecule has 2 aromatic carbocycles. The second kappa shape index (κ2) is 8.53. The molecule has 0 spiro atoms. The zero-order chi connectivity index (χ0) is 31.3. The molecule has 0 bridgehead atoms.